The minimum atomic E-state index is -0.0941. The quantitative estimate of drug-likeness (QED) is 0.535. The summed E-state index contributed by atoms with van der Waals surface area (Å²) >= 11 is 1.38. The normalized spacial score (nSPS) is 20.9. The SMILES string of the molecule is C=NC(=NC(=NCc1cnc(N)s1)OC1CCN(C(=O)N(C)C)CC1)N1CCOCC1C. The first-order valence-corrected chi connectivity index (χ1v) is 11.5. The maximum atomic E-state index is 12.2. The fourth-order valence-corrected chi connectivity index (χ4v) is 4.15. The molecular formula is C20H32N8O3S. The second-order valence-corrected chi connectivity index (χ2v) is 9.08. The van der Waals surface area contributed by atoms with E-state index < -0.39 is 0 Å². The summed E-state index contributed by atoms with van der Waals surface area (Å²) in [6.45, 7) is 9.21. The summed E-state index contributed by atoms with van der Waals surface area (Å²) in [5.41, 5.74) is 5.73. The van der Waals surface area contributed by atoms with Crippen LogP contribution in [0, 0.1) is 0 Å². The third-order valence-electron chi connectivity index (χ3n) is 5.27. The van der Waals surface area contributed by atoms with E-state index in [-0.39, 0.29) is 24.2 Å². The zero-order chi connectivity index (χ0) is 23.1. The number of likely N-dealkylation sites (tertiary alicyclic amines) is 1. The second kappa shape index (κ2) is 11.2. The van der Waals surface area contributed by atoms with Gasteiger partial charge in [-0.05, 0) is 13.6 Å². The number of anilines is 1. The lowest BCUT2D eigenvalue weighted by atomic mass is 10.1. The zero-order valence-electron chi connectivity index (χ0n) is 18.9. The van der Waals surface area contributed by atoms with Gasteiger partial charge in [0.2, 0.25) is 5.96 Å². The van der Waals surface area contributed by atoms with E-state index >= 15 is 0 Å². The number of urea groups is 1. The molecule has 32 heavy (non-hydrogen) atoms. The van der Waals surface area contributed by atoms with Crippen molar-refractivity contribution in [3.8, 4) is 0 Å². The van der Waals surface area contributed by atoms with Crippen LogP contribution >= 0.6 is 11.3 Å². The van der Waals surface area contributed by atoms with E-state index in [9.17, 15) is 4.79 Å². The number of thiazole rings is 1. The van der Waals surface area contributed by atoms with Gasteiger partial charge in [0, 0.05) is 57.6 Å². The Labute approximate surface area is 192 Å². The molecule has 12 heteroatoms. The summed E-state index contributed by atoms with van der Waals surface area (Å²) in [7, 11) is 3.51. The standard InChI is InChI=1S/C20H32N8O3S/c1-14-13-30-10-9-28(14)18(22-2)25-19(24-12-16-11-23-17(21)32-16)31-15-5-7-27(8-6-15)20(29)26(3)4/h11,14-15H,2,5-10,12-13H2,1,3-4H3,(H2,21,23). The molecule has 2 aliphatic heterocycles. The molecule has 2 N–H and O–H groups in total. The number of amidine groups is 1. The van der Waals surface area contributed by atoms with E-state index in [2.05, 4.69) is 33.6 Å². The number of nitrogen functional groups attached to an aromatic ring is 1. The van der Waals surface area contributed by atoms with Gasteiger partial charge in [0.25, 0.3) is 0 Å². The molecule has 11 nitrogen and oxygen atoms in total. The van der Waals surface area contributed by atoms with Gasteiger partial charge < -0.3 is 29.9 Å². The Bertz CT molecular complexity index is 848. The van der Waals surface area contributed by atoms with E-state index in [0.717, 1.165) is 4.88 Å². The number of nitrogens with zero attached hydrogens (tertiary/aromatic N) is 7. The Morgan fingerprint density at radius 3 is 2.75 bits per heavy atom. The van der Waals surface area contributed by atoms with Crippen molar-refractivity contribution in [1.29, 1.82) is 0 Å². The molecule has 1 atom stereocenters. The predicted molar refractivity (Wildman–Crippen MR) is 126 cm³/mol. The van der Waals surface area contributed by atoms with Gasteiger partial charge in [-0.1, -0.05) is 0 Å². The molecule has 176 valence electrons. The van der Waals surface area contributed by atoms with Crippen LogP contribution in [0.2, 0.25) is 0 Å². The van der Waals surface area contributed by atoms with Gasteiger partial charge in [-0.25, -0.2) is 19.8 Å². The number of carbonyl (C=O) groups is 1. The number of rotatable bonds is 3. The van der Waals surface area contributed by atoms with Crippen molar-refractivity contribution in [3.63, 3.8) is 0 Å². The first-order valence-electron chi connectivity index (χ1n) is 10.6. The Morgan fingerprint density at radius 2 is 2.16 bits per heavy atom. The largest absolute Gasteiger partial charge is 0.460 e. The van der Waals surface area contributed by atoms with Gasteiger partial charge in [-0.2, -0.15) is 4.99 Å². The van der Waals surface area contributed by atoms with Crippen LogP contribution in [0.15, 0.2) is 21.2 Å². The Balaban J connectivity index is 1.73. The van der Waals surface area contributed by atoms with Crippen molar-refractivity contribution in [1.82, 2.24) is 19.7 Å². The van der Waals surface area contributed by atoms with E-state index in [0.29, 0.717) is 63.3 Å². The van der Waals surface area contributed by atoms with Crippen LogP contribution in [0.3, 0.4) is 0 Å². The van der Waals surface area contributed by atoms with Crippen molar-refractivity contribution in [2.45, 2.75) is 38.5 Å². The molecule has 0 bridgehead atoms. The monoisotopic (exact) mass is 464 g/mol. The molecule has 0 radical (unpaired) electrons. The topological polar surface area (TPSA) is 121 Å². The number of ether oxygens (including phenoxy) is 2. The maximum absolute atomic E-state index is 12.2. The van der Waals surface area contributed by atoms with Crippen molar-refractivity contribution in [2.75, 3.05) is 52.7 Å². The maximum Gasteiger partial charge on any atom is 0.319 e. The number of aliphatic imine (C=N–C) groups is 3. The molecule has 1 unspecified atom stereocenters. The molecule has 0 aliphatic carbocycles. The number of guanidine groups is 1. The van der Waals surface area contributed by atoms with Crippen molar-refractivity contribution in [3.05, 3.63) is 11.1 Å². The highest BCUT2D eigenvalue weighted by atomic mass is 32.1. The van der Waals surface area contributed by atoms with Crippen LogP contribution in [0.5, 0.6) is 0 Å². The van der Waals surface area contributed by atoms with Gasteiger partial charge in [-0.3, -0.25) is 0 Å². The fourth-order valence-electron chi connectivity index (χ4n) is 3.54. The zero-order valence-corrected chi connectivity index (χ0v) is 19.8. The van der Waals surface area contributed by atoms with Crippen molar-refractivity contribution < 1.29 is 14.3 Å². The van der Waals surface area contributed by atoms with Crippen LogP contribution in [-0.2, 0) is 16.0 Å². The average molecular weight is 465 g/mol. The Hall–Kier alpha value is -2.73. The lowest BCUT2D eigenvalue weighted by Gasteiger charge is -2.34. The summed E-state index contributed by atoms with van der Waals surface area (Å²) in [6, 6.07) is 0.379. The van der Waals surface area contributed by atoms with E-state index in [1.165, 1.54) is 11.3 Å². The van der Waals surface area contributed by atoms with Gasteiger partial charge >= 0.3 is 12.1 Å². The fraction of sp³-hybridized carbons (Fsp3) is 0.650. The van der Waals surface area contributed by atoms with Crippen LogP contribution in [0.4, 0.5) is 9.93 Å². The number of hydrogen-bond acceptors (Lipinski definition) is 7. The van der Waals surface area contributed by atoms with Crippen LogP contribution in [0.25, 0.3) is 0 Å². The third kappa shape index (κ3) is 6.39. The number of morpholine rings is 1. The number of carbonyl (C=O) groups excluding carboxylic acids is 1. The third-order valence-corrected chi connectivity index (χ3v) is 6.08. The molecule has 2 saturated heterocycles. The molecule has 2 amide bonds. The minimum Gasteiger partial charge on any atom is -0.460 e. The van der Waals surface area contributed by atoms with E-state index in [4.69, 9.17) is 15.2 Å². The number of amides is 2. The average Bonchev–Trinajstić information content (AvgIpc) is 3.21. The predicted octanol–water partition coefficient (Wildman–Crippen LogP) is 1.52. The molecule has 2 fully saturated rings. The molecule has 0 saturated carbocycles. The molecule has 2 aliphatic rings. The summed E-state index contributed by atoms with van der Waals surface area (Å²) in [5, 5.41) is 0.495. The summed E-state index contributed by atoms with van der Waals surface area (Å²) < 4.78 is 11.7. The highest BCUT2D eigenvalue weighted by Gasteiger charge is 2.27. The lowest BCUT2D eigenvalue weighted by molar-refractivity contribution is 0.0326. The molecule has 0 spiro atoms. The van der Waals surface area contributed by atoms with Gasteiger partial charge in [0.1, 0.15) is 6.10 Å². The Kier molecular flexibility index (Phi) is 8.39. The van der Waals surface area contributed by atoms with Crippen molar-refractivity contribution >= 4 is 41.2 Å². The summed E-state index contributed by atoms with van der Waals surface area (Å²) in [4.78, 5) is 36.0. The minimum absolute atomic E-state index is 0.0117. The first-order chi connectivity index (χ1) is 15.4. The lowest BCUT2D eigenvalue weighted by Crippen LogP contribution is -2.47. The molecule has 0 aromatic carbocycles. The number of aromatic nitrogens is 1. The Morgan fingerprint density at radius 1 is 1.41 bits per heavy atom. The molecule has 1 aromatic heterocycles. The van der Waals surface area contributed by atoms with E-state index in [1.54, 1.807) is 25.2 Å². The molecular weight excluding hydrogens is 432 g/mol. The molecule has 1 aromatic rings. The summed E-state index contributed by atoms with van der Waals surface area (Å²) in [6.07, 6.45) is 3.01. The number of piperidine rings is 1. The van der Waals surface area contributed by atoms with Gasteiger partial charge in [0.15, 0.2) is 5.13 Å². The van der Waals surface area contributed by atoms with Gasteiger partial charge in [0.05, 0.1) is 25.8 Å². The second-order valence-electron chi connectivity index (χ2n) is 7.93. The van der Waals surface area contributed by atoms with E-state index in [1.807, 2.05) is 9.80 Å². The molecule has 3 heterocycles. The molecule has 3 rings (SSSR count). The summed E-state index contributed by atoms with van der Waals surface area (Å²) in [5.74, 6) is 0.462. The van der Waals surface area contributed by atoms with Crippen LogP contribution < -0.4 is 5.73 Å². The van der Waals surface area contributed by atoms with Crippen LogP contribution in [-0.4, -0.2) is 104 Å². The number of nitrogens with two attached hydrogens (primary N) is 1. The van der Waals surface area contributed by atoms with Crippen molar-refractivity contribution in [2.24, 2.45) is 15.0 Å². The number of hydrogen-bond donors (Lipinski definition) is 1. The van der Waals surface area contributed by atoms with Crippen LogP contribution in [0.1, 0.15) is 24.6 Å². The van der Waals surface area contributed by atoms with Gasteiger partial charge in [-0.15, -0.1) is 11.3 Å². The smallest absolute Gasteiger partial charge is 0.319 e. The highest BCUT2D eigenvalue weighted by Crippen LogP contribution is 2.18. The highest BCUT2D eigenvalue weighted by molar-refractivity contribution is 7.15. The first kappa shape index (κ1) is 23.9.